The second-order valence-corrected chi connectivity index (χ2v) is 10.5. The van der Waals surface area contributed by atoms with Crippen molar-refractivity contribution in [3.05, 3.63) is 72.1 Å². The summed E-state index contributed by atoms with van der Waals surface area (Å²) >= 11 is 0. The van der Waals surface area contributed by atoms with E-state index >= 15 is 0 Å². The van der Waals surface area contributed by atoms with Crippen LogP contribution in [0.15, 0.2) is 60.8 Å². The van der Waals surface area contributed by atoms with E-state index in [-0.39, 0.29) is 11.2 Å². The zero-order valence-electron chi connectivity index (χ0n) is 22.2. The van der Waals surface area contributed by atoms with E-state index in [4.69, 9.17) is 14.7 Å². The predicted molar refractivity (Wildman–Crippen MR) is 152 cm³/mol. The van der Waals surface area contributed by atoms with Crippen LogP contribution in [-0.2, 0) is 10.2 Å². The smallest absolute Gasteiger partial charge is 0.323 e. The molecule has 3 aromatic carbocycles. The number of phenols is 1. The Bertz CT molecular complexity index is 1490. The highest BCUT2D eigenvalue weighted by atomic mass is 16.5. The van der Waals surface area contributed by atoms with Crippen molar-refractivity contribution in [1.29, 1.82) is 0 Å². The molecule has 8 heteroatoms. The number of morpholine rings is 1. The highest BCUT2D eigenvalue weighted by Gasteiger charge is 2.19. The van der Waals surface area contributed by atoms with Gasteiger partial charge in [-0.2, -0.15) is 0 Å². The van der Waals surface area contributed by atoms with Crippen molar-refractivity contribution >= 4 is 34.0 Å². The van der Waals surface area contributed by atoms with Crippen molar-refractivity contribution in [1.82, 2.24) is 9.97 Å². The van der Waals surface area contributed by atoms with Gasteiger partial charge in [0.15, 0.2) is 0 Å². The van der Waals surface area contributed by atoms with E-state index in [1.807, 2.05) is 55.6 Å². The van der Waals surface area contributed by atoms with Crippen molar-refractivity contribution in [3.8, 4) is 17.0 Å². The number of aromatic nitrogens is 2. The van der Waals surface area contributed by atoms with E-state index in [2.05, 4.69) is 36.3 Å². The number of nitrogens with zero attached hydrogens (tertiary/aromatic N) is 3. The molecule has 1 aliphatic heterocycles. The number of benzene rings is 3. The van der Waals surface area contributed by atoms with Crippen molar-refractivity contribution in [3.63, 3.8) is 0 Å². The van der Waals surface area contributed by atoms with E-state index in [9.17, 15) is 9.90 Å². The number of anilines is 3. The molecule has 1 fully saturated rings. The lowest BCUT2D eigenvalue weighted by Gasteiger charge is -2.28. The number of hydrogen-bond donors (Lipinski definition) is 3. The molecular formula is C30H33N5O3. The molecule has 3 N–H and O–H groups in total. The topological polar surface area (TPSA) is 99.6 Å². The van der Waals surface area contributed by atoms with Gasteiger partial charge in [-0.3, -0.25) is 4.98 Å². The fourth-order valence-corrected chi connectivity index (χ4v) is 4.67. The van der Waals surface area contributed by atoms with Crippen molar-refractivity contribution in [2.75, 3.05) is 41.8 Å². The average molecular weight is 512 g/mol. The first-order valence-electron chi connectivity index (χ1n) is 12.8. The Morgan fingerprint density at radius 3 is 2.39 bits per heavy atom. The molecule has 1 aliphatic rings. The first-order chi connectivity index (χ1) is 18.2. The van der Waals surface area contributed by atoms with E-state index in [1.54, 1.807) is 12.1 Å². The van der Waals surface area contributed by atoms with E-state index in [0.717, 1.165) is 52.2 Å². The number of phenolic OH excluding ortho intramolecular Hbond substituents is 1. The molecule has 38 heavy (non-hydrogen) atoms. The van der Waals surface area contributed by atoms with Gasteiger partial charge in [0.1, 0.15) is 11.6 Å². The van der Waals surface area contributed by atoms with Gasteiger partial charge in [0.05, 0.1) is 42.2 Å². The summed E-state index contributed by atoms with van der Waals surface area (Å²) in [6.45, 7) is 11.2. The lowest BCUT2D eigenvalue weighted by Crippen LogP contribution is -2.36. The van der Waals surface area contributed by atoms with Gasteiger partial charge in [0.2, 0.25) is 0 Å². The summed E-state index contributed by atoms with van der Waals surface area (Å²) in [6.07, 6.45) is 1.82. The van der Waals surface area contributed by atoms with Gasteiger partial charge in [-0.25, -0.2) is 9.78 Å². The van der Waals surface area contributed by atoms with Crippen LogP contribution in [0.5, 0.6) is 5.75 Å². The maximum absolute atomic E-state index is 13.0. The molecule has 0 spiro atoms. The molecule has 2 amide bonds. The third-order valence-corrected chi connectivity index (χ3v) is 6.81. The SMILES string of the molecule is Cc1nc(N2CCOCC2)cnc1-c1ccc(NC(=O)Nc2cc(C(C)(C)C)ccc2O)c2ccccc12. The van der Waals surface area contributed by atoms with Crippen LogP contribution >= 0.6 is 0 Å². The Hall–Kier alpha value is -4.17. The highest BCUT2D eigenvalue weighted by molar-refractivity contribution is 6.10. The number of carbonyl (C=O) groups excluding carboxylic acids is 1. The van der Waals surface area contributed by atoms with Gasteiger partial charge in [-0.05, 0) is 41.5 Å². The Balaban J connectivity index is 1.42. The standard InChI is InChI=1S/C30H33N5O3/c1-19-28(31-18-27(32-19)35-13-15-38-16-14-35)23-10-11-24(22-8-6-5-7-21(22)23)33-29(37)34-25-17-20(30(2,3)4)9-12-26(25)36/h5-12,17-18,36H,13-16H2,1-4H3,(H2,33,34,37). The highest BCUT2D eigenvalue weighted by Crippen LogP contribution is 2.35. The summed E-state index contributed by atoms with van der Waals surface area (Å²) in [4.78, 5) is 24.8. The number of aromatic hydroxyl groups is 1. The summed E-state index contributed by atoms with van der Waals surface area (Å²) in [7, 11) is 0. The van der Waals surface area contributed by atoms with Gasteiger partial charge in [0.25, 0.3) is 0 Å². The maximum Gasteiger partial charge on any atom is 0.323 e. The van der Waals surface area contributed by atoms with Crippen LogP contribution in [0.2, 0.25) is 0 Å². The molecule has 0 saturated carbocycles. The fraction of sp³-hybridized carbons (Fsp3) is 0.300. The Kier molecular flexibility index (Phi) is 6.91. The van der Waals surface area contributed by atoms with E-state index in [0.29, 0.717) is 24.6 Å². The minimum atomic E-state index is -0.435. The summed E-state index contributed by atoms with van der Waals surface area (Å²) in [5.41, 5.74) is 4.50. The number of ether oxygens (including phenoxy) is 1. The van der Waals surface area contributed by atoms with Crippen LogP contribution < -0.4 is 15.5 Å². The van der Waals surface area contributed by atoms with Crippen molar-refractivity contribution < 1.29 is 14.6 Å². The first-order valence-corrected chi connectivity index (χ1v) is 12.8. The normalized spacial score (nSPS) is 13.9. The Labute approximate surface area is 222 Å². The van der Waals surface area contributed by atoms with Gasteiger partial charge in [0, 0.05) is 24.0 Å². The number of fused-ring (bicyclic) bond motifs is 1. The van der Waals surface area contributed by atoms with Crippen LogP contribution in [0.1, 0.15) is 32.0 Å². The predicted octanol–water partition coefficient (Wildman–Crippen LogP) is 6.09. The minimum Gasteiger partial charge on any atom is -0.506 e. The first kappa shape index (κ1) is 25.5. The second kappa shape index (κ2) is 10.3. The monoisotopic (exact) mass is 511 g/mol. The average Bonchev–Trinajstić information content (AvgIpc) is 2.90. The molecule has 0 aliphatic carbocycles. The number of nitrogens with one attached hydrogen (secondary N) is 2. The summed E-state index contributed by atoms with van der Waals surface area (Å²) < 4.78 is 5.45. The lowest BCUT2D eigenvalue weighted by molar-refractivity contribution is 0.122. The van der Waals surface area contributed by atoms with Crippen molar-refractivity contribution in [2.45, 2.75) is 33.1 Å². The summed E-state index contributed by atoms with van der Waals surface area (Å²) in [5.74, 6) is 0.871. The minimum absolute atomic E-state index is 0.0166. The summed E-state index contributed by atoms with van der Waals surface area (Å²) in [6, 6.07) is 16.6. The number of rotatable bonds is 4. The molecule has 0 bridgehead atoms. The molecule has 0 atom stereocenters. The Morgan fingerprint density at radius 1 is 0.974 bits per heavy atom. The number of urea groups is 1. The number of carbonyl (C=O) groups is 1. The van der Waals surface area contributed by atoms with Gasteiger partial charge >= 0.3 is 6.03 Å². The fourth-order valence-electron chi connectivity index (χ4n) is 4.67. The van der Waals surface area contributed by atoms with Crippen LogP contribution in [0.25, 0.3) is 22.0 Å². The number of aryl methyl sites for hydroxylation is 1. The van der Waals surface area contributed by atoms with Gasteiger partial charge in [-0.1, -0.05) is 57.2 Å². The largest absolute Gasteiger partial charge is 0.506 e. The molecule has 0 radical (unpaired) electrons. The van der Waals surface area contributed by atoms with E-state index in [1.165, 1.54) is 0 Å². The second-order valence-electron chi connectivity index (χ2n) is 10.5. The zero-order chi connectivity index (χ0) is 26.9. The molecule has 1 saturated heterocycles. The molecule has 4 aromatic rings. The molecular weight excluding hydrogens is 478 g/mol. The van der Waals surface area contributed by atoms with Crippen LogP contribution in [0, 0.1) is 6.92 Å². The Morgan fingerprint density at radius 2 is 1.68 bits per heavy atom. The van der Waals surface area contributed by atoms with Crippen LogP contribution in [-0.4, -0.2) is 47.4 Å². The maximum atomic E-state index is 13.0. The zero-order valence-corrected chi connectivity index (χ0v) is 22.2. The van der Waals surface area contributed by atoms with Gasteiger partial charge in [-0.15, -0.1) is 0 Å². The third kappa shape index (κ3) is 5.26. The van der Waals surface area contributed by atoms with Gasteiger partial charge < -0.3 is 25.4 Å². The van der Waals surface area contributed by atoms with Crippen LogP contribution in [0.4, 0.5) is 22.0 Å². The molecule has 2 heterocycles. The third-order valence-electron chi connectivity index (χ3n) is 6.81. The molecule has 196 valence electrons. The van der Waals surface area contributed by atoms with Crippen LogP contribution in [0.3, 0.4) is 0 Å². The van der Waals surface area contributed by atoms with E-state index < -0.39 is 6.03 Å². The molecule has 5 rings (SSSR count). The van der Waals surface area contributed by atoms with Crippen molar-refractivity contribution in [2.24, 2.45) is 0 Å². The quantitative estimate of drug-likeness (QED) is 0.287. The summed E-state index contributed by atoms with van der Waals surface area (Å²) in [5, 5.41) is 17.9. The molecule has 8 nitrogen and oxygen atoms in total. The number of hydrogen-bond acceptors (Lipinski definition) is 6. The molecule has 1 aromatic heterocycles. The number of amides is 2. The lowest BCUT2D eigenvalue weighted by atomic mass is 9.87. The molecule has 0 unspecified atom stereocenters.